The van der Waals surface area contributed by atoms with Gasteiger partial charge in [-0.05, 0) is 35.9 Å². The summed E-state index contributed by atoms with van der Waals surface area (Å²) in [5, 5.41) is 22.1. The van der Waals surface area contributed by atoms with Crippen molar-refractivity contribution < 1.29 is 32.9 Å². The Balaban J connectivity index is 1.95. The second kappa shape index (κ2) is 7.75. The van der Waals surface area contributed by atoms with E-state index in [9.17, 15) is 28.2 Å². The Morgan fingerprint density at radius 1 is 1.20 bits per heavy atom. The average Bonchev–Trinajstić information content (AvgIpc) is 2.51. The van der Waals surface area contributed by atoms with Crippen LogP contribution in [0.3, 0.4) is 0 Å². The molecule has 0 aliphatic heterocycles. The fourth-order valence-corrected chi connectivity index (χ4v) is 2.34. The summed E-state index contributed by atoms with van der Waals surface area (Å²) in [4.78, 5) is 12.0. The number of alkyl halides is 3. The molecule has 2 aromatic carbocycles. The van der Waals surface area contributed by atoms with E-state index in [0.29, 0.717) is 10.0 Å². The smallest absolute Gasteiger partial charge is 0.507 e. The Bertz CT molecular complexity index is 750. The number of phenolic OH excluding ortho intramolecular Hbond substituents is 1. The number of benzene rings is 2. The molecular weight excluding hydrogens is 407 g/mol. The maximum Gasteiger partial charge on any atom is 0.573 e. The lowest BCUT2D eigenvalue weighted by Gasteiger charge is -2.14. The van der Waals surface area contributed by atoms with Gasteiger partial charge in [-0.15, -0.1) is 13.2 Å². The topological polar surface area (TPSA) is 78.8 Å². The predicted molar refractivity (Wildman–Crippen MR) is 86.2 cm³/mol. The van der Waals surface area contributed by atoms with E-state index in [-0.39, 0.29) is 17.9 Å². The molecule has 1 amide bonds. The first-order valence-electron chi connectivity index (χ1n) is 6.96. The zero-order valence-corrected chi connectivity index (χ0v) is 14.1. The minimum absolute atomic E-state index is 0.0318. The van der Waals surface area contributed by atoms with Crippen molar-refractivity contribution in [2.45, 2.75) is 12.5 Å². The largest absolute Gasteiger partial charge is 0.573 e. The normalized spacial score (nSPS) is 12.5. The number of aliphatic hydroxyl groups excluding tert-OH is 1. The fraction of sp³-hybridized carbons (Fsp3) is 0.188. The summed E-state index contributed by atoms with van der Waals surface area (Å²) >= 11 is 3.15. The van der Waals surface area contributed by atoms with Crippen molar-refractivity contribution in [2.24, 2.45) is 0 Å². The molecule has 5 nitrogen and oxygen atoms in total. The minimum atomic E-state index is -4.79. The highest BCUT2D eigenvalue weighted by atomic mass is 79.9. The van der Waals surface area contributed by atoms with Crippen molar-refractivity contribution >= 4 is 21.8 Å². The van der Waals surface area contributed by atoms with E-state index in [1.54, 1.807) is 6.07 Å². The van der Waals surface area contributed by atoms with Gasteiger partial charge in [0.2, 0.25) is 0 Å². The molecular formula is C16H13BrF3NO4. The van der Waals surface area contributed by atoms with Gasteiger partial charge in [0.1, 0.15) is 11.5 Å². The molecule has 0 aromatic heterocycles. The predicted octanol–water partition coefficient (Wildman–Crippen LogP) is 3.52. The number of rotatable bonds is 5. The van der Waals surface area contributed by atoms with Crippen LogP contribution in [0.5, 0.6) is 11.5 Å². The van der Waals surface area contributed by atoms with E-state index in [0.717, 1.165) is 12.1 Å². The third kappa shape index (κ3) is 5.64. The molecule has 0 saturated carbocycles. The molecule has 25 heavy (non-hydrogen) atoms. The van der Waals surface area contributed by atoms with Gasteiger partial charge in [-0.1, -0.05) is 28.1 Å². The van der Waals surface area contributed by atoms with Crippen LogP contribution in [-0.2, 0) is 0 Å². The molecule has 2 aromatic rings. The third-order valence-electron chi connectivity index (χ3n) is 3.16. The third-order valence-corrected chi connectivity index (χ3v) is 3.65. The van der Waals surface area contributed by atoms with Gasteiger partial charge in [-0.2, -0.15) is 0 Å². The number of phenols is 1. The maximum absolute atomic E-state index is 12.1. The number of nitrogens with one attached hydrogen (secondary N) is 1. The SMILES string of the molecule is O=C(NCC(O)c1ccc(OC(F)(F)F)cc1)c1ccc(Br)cc1O. The van der Waals surface area contributed by atoms with Crippen LogP contribution < -0.4 is 10.1 Å². The molecule has 0 aliphatic rings. The zero-order chi connectivity index (χ0) is 18.6. The van der Waals surface area contributed by atoms with Crippen LogP contribution in [0.25, 0.3) is 0 Å². The Morgan fingerprint density at radius 3 is 2.40 bits per heavy atom. The lowest BCUT2D eigenvalue weighted by atomic mass is 10.1. The van der Waals surface area contributed by atoms with Crippen molar-refractivity contribution in [3.8, 4) is 11.5 Å². The van der Waals surface area contributed by atoms with Gasteiger partial charge >= 0.3 is 6.36 Å². The first-order chi connectivity index (χ1) is 11.7. The summed E-state index contributed by atoms with van der Waals surface area (Å²) in [7, 11) is 0. The van der Waals surface area contributed by atoms with Gasteiger partial charge in [0.25, 0.3) is 5.91 Å². The van der Waals surface area contributed by atoms with E-state index in [2.05, 4.69) is 26.0 Å². The van der Waals surface area contributed by atoms with Crippen LogP contribution in [0.1, 0.15) is 22.0 Å². The summed E-state index contributed by atoms with van der Waals surface area (Å²) in [6, 6.07) is 8.98. The number of ether oxygens (including phenoxy) is 1. The highest BCUT2D eigenvalue weighted by Crippen LogP contribution is 2.25. The van der Waals surface area contributed by atoms with Crippen molar-refractivity contribution in [2.75, 3.05) is 6.54 Å². The van der Waals surface area contributed by atoms with E-state index >= 15 is 0 Å². The van der Waals surface area contributed by atoms with Crippen LogP contribution in [0.4, 0.5) is 13.2 Å². The van der Waals surface area contributed by atoms with Crippen LogP contribution in [0, 0.1) is 0 Å². The molecule has 0 saturated heterocycles. The Labute approximate surface area is 149 Å². The Hall–Kier alpha value is -2.26. The van der Waals surface area contributed by atoms with Gasteiger partial charge in [0.05, 0.1) is 11.7 Å². The van der Waals surface area contributed by atoms with Crippen LogP contribution in [0.2, 0.25) is 0 Å². The average molecular weight is 420 g/mol. The molecule has 0 heterocycles. The molecule has 9 heteroatoms. The number of aliphatic hydroxyl groups is 1. The summed E-state index contributed by atoms with van der Waals surface area (Å²) in [5.74, 6) is -1.23. The summed E-state index contributed by atoms with van der Waals surface area (Å²) in [6.07, 6.45) is -5.93. The van der Waals surface area contributed by atoms with Crippen LogP contribution in [0.15, 0.2) is 46.9 Å². The molecule has 0 fully saturated rings. The molecule has 3 N–H and O–H groups in total. The van der Waals surface area contributed by atoms with Crippen molar-refractivity contribution in [3.63, 3.8) is 0 Å². The lowest BCUT2D eigenvalue weighted by Crippen LogP contribution is -2.28. The van der Waals surface area contributed by atoms with Gasteiger partial charge in [0, 0.05) is 11.0 Å². The Kier molecular flexibility index (Phi) is 5.91. The van der Waals surface area contributed by atoms with E-state index in [1.165, 1.54) is 24.3 Å². The Morgan fingerprint density at radius 2 is 1.84 bits per heavy atom. The van der Waals surface area contributed by atoms with Crippen molar-refractivity contribution in [1.82, 2.24) is 5.32 Å². The van der Waals surface area contributed by atoms with Gasteiger partial charge < -0.3 is 20.3 Å². The van der Waals surface area contributed by atoms with Crippen molar-refractivity contribution in [3.05, 3.63) is 58.1 Å². The number of hydrogen-bond donors (Lipinski definition) is 3. The van der Waals surface area contributed by atoms with E-state index < -0.39 is 24.1 Å². The summed E-state index contributed by atoms with van der Waals surface area (Å²) < 4.78 is 40.6. The minimum Gasteiger partial charge on any atom is -0.507 e. The molecule has 0 spiro atoms. The molecule has 0 bridgehead atoms. The molecule has 1 atom stereocenters. The van der Waals surface area contributed by atoms with Crippen LogP contribution >= 0.6 is 15.9 Å². The number of aromatic hydroxyl groups is 1. The second-order valence-corrected chi connectivity index (χ2v) is 5.92. The fourth-order valence-electron chi connectivity index (χ4n) is 1.99. The second-order valence-electron chi connectivity index (χ2n) is 5.00. The number of hydrogen-bond acceptors (Lipinski definition) is 4. The van der Waals surface area contributed by atoms with Gasteiger partial charge in [0.15, 0.2) is 0 Å². The maximum atomic E-state index is 12.1. The standard InChI is InChI=1S/C16H13BrF3NO4/c17-10-3-6-12(13(22)7-10)15(24)21-8-14(23)9-1-4-11(5-2-9)25-16(18,19)20/h1-7,14,22-23H,8H2,(H,21,24). The van der Waals surface area contributed by atoms with Gasteiger partial charge in [-0.25, -0.2) is 0 Å². The molecule has 134 valence electrons. The lowest BCUT2D eigenvalue weighted by molar-refractivity contribution is -0.274. The molecule has 1 unspecified atom stereocenters. The highest BCUT2D eigenvalue weighted by molar-refractivity contribution is 9.10. The molecule has 0 aliphatic carbocycles. The van der Waals surface area contributed by atoms with E-state index in [4.69, 9.17) is 0 Å². The number of halogens is 4. The monoisotopic (exact) mass is 419 g/mol. The number of carbonyl (C=O) groups is 1. The van der Waals surface area contributed by atoms with Gasteiger partial charge in [-0.3, -0.25) is 4.79 Å². The summed E-state index contributed by atoms with van der Waals surface area (Å²) in [5.41, 5.74) is 0.333. The first kappa shape index (κ1) is 19.1. The highest BCUT2D eigenvalue weighted by Gasteiger charge is 2.31. The first-order valence-corrected chi connectivity index (χ1v) is 7.75. The molecule has 2 rings (SSSR count). The zero-order valence-electron chi connectivity index (χ0n) is 12.5. The number of carbonyl (C=O) groups excluding carboxylic acids is 1. The summed E-state index contributed by atoms with van der Waals surface area (Å²) in [6.45, 7) is -0.187. The molecule has 0 radical (unpaired) electrons. The quantitative estimate of drug-likeness (QED) is 0.692. The number of amides is 1. The van der Waals surface area contributed by atoms with E-state index in [1.807, 2.05) is 0 Å². The van der Waals surface area contributed by atoms with Crippen LogP contribution in [-0.4, -0.2) is 29.0 Å². The van der Waals surface area contributed by atoms with Crippen molar-refractivity contribution in [1.29, 1.82) is 0 Å².